The summed E-state index contributed by atoms with van der Waals surface area (Å²) in [6, 6.07) is 7.79. The molecule has 1 amide bonds. The van der Waals surface area contributed by atoms with Crippen LogP contribution in [0.1, 0.15) is 41.3 Å². The summed E-state index contributed by atoms with van der Waals surface area (Å²) in [4.78, 5) is 20.2. The summed E-state index contributed by atoms with van der Waals surface area (Å²) in [5.74, 6) is 2.63. The van der Waals surface area contributed by atoms with Gasteiger partial charge in [-0.15, -0.1) is 11.8 Å². The molecule has 1 aliphatic rings. The van der Waals surface area contributed by atoms with E-state index in [1.165, 1.54) is 6.42 Å². The monoisotopic (exact) mass is 374 g/mol. The van der Waals surface area contributed by atoms with E-state index in [2.05, 4.69) is 15.5 Å². The number of hydrogen-bond donors (Lipinski definition) is 1. The third kappa shape index (κ3) is 4.86. The average molecular weight is 375 g/mol. The molecular weight excluding hydrogens is 348 g/mol. The van der Waals surface area contributed by atoms with Crippen molar-refractivity contribution in [3.8, 4) is 0 Å². The quantitative estimate of drug-likeness (QED) is 0.751. The highest BCUT2D eigenvalue weighted by Crippen LogP contribution is 2.28. The molecule has 0 aliphatic carbocycles. The van der Waals surface area contributed by atoms with Crippen LogP contribution in [-0.4, -0.2) is 47.6 Å². The van der Waals surface area contributed by atoms with E-state index >= 15 is 0 Å². The van der Waals surface area contributed by atoms with Crippen LogP contribution in [0.15, 0.2) is 33.7 Å². The summed E-state index contributed by atoms with van der Waals surface area (Å²) in [6.07, 6.45) is 3.36. The van der Waals surface area contributed by atoms with Crippen LogP contribution in [0.25, 0.3) is 0 Å². The van der Waals surface area contributed by atoms with Crippen LogP contribution in [0.2, 0.25) is 0 Å². The maximum Gasteiger partial charge on any atom is 0.254 e. The van der Waals surface area contributed by atoms with Gasteiger partial charge in [0.25, 0.3) is 5.91 Å². The van der Waals surface area contributed by atoms with Crippen LogP contribution in [0.3, 0.4) is 0 Å². The van der Waals surface area contributed by atoms with Gasteiger partial charge in [0, 0.05) is 18.0 Å². The second-order valence-electron chi connectivity index (χ2n) is 6.65. The number of piperidine rings is 1. The van der Waals surface area contributed by atoms with E-state index in [0.29, 0.717) is 17.5 Å². The molecule has 1 aliphatic heterocycles. The lowest BCUT2D eigenvalue weighted by molar-refractivity contribution is 0.0683. The van der Waals surface area contributed by atoms with Gasteiger partial charge in [-0.05, 0) is 57.8 Å². The Balaban J connectivity index is 1.61. The van der Waals surface area contributed by atoms with Crippen LogP contribution >= 0.6 is 11.8 Å². The fraction of sp³-hybridized carbons (Fsp3) is 0.526. The molecule has 7 heteroatoms. The number of hydrogen-bond acceptors (Lipinski definition) is 6. The van der Waals surface area contributed by atoms with Gasteiger partial charge in [0.2, 0.25) is 5.89 Å². The highest BCUT2D eigenvalue weighted by atomic mass is 32.2. The van der Waals surface area contributed by atoms with Crippen LogP contribution in [0, 0.1) is 12.8 Å². The van der Waals surface area contributed by atoms with Gasteiger partial charge < -0.3 is 14.7 Å². The number of likely N-dealkylation sites (tertiary alicyclic amines) is 1. The van der Waals surface area contributed by atoms with E-state index in [1.807, 2.05) is 36.2 Å². The number of rotatable bonds is 7. The number of aryl methyl sites for hydroxylation is 1. The van der Waals surface area contributed by atoms with Gasteiger partial charge in [-0.1, -0.05) is 17.3 Å². The Bertz CT molecular complexity index is 726. The Morgan fingerprint density at radius 1 is 1.35 bits per heavy atom. The maximum absolute atomic E-state index is 13.0. The summed E-state index contributed by atoms with van der Waals surface area (Å²) >= 11 is 1.57. The van der Waals surface area contributed by atoms with Gasteiger partial charge in [-0.3, -0.25) is 4.79 Å². The van der Waals surface area contributed by atoms with E-state index < -0.39 is 0 Å². The predicted octanol–water partition coefficient (Wildman–Crippen LogP) is 3.13. The van der Waals surface area contributed by atoms with Crippen molar-refractivity contribution < 1.29 is 9.32 Å². The zero-order valence-corrected chi connectivity index (χ0v) is 16.2. The van der Waals surface area contributed by atoms with E-state index in [4.69, 9.17) is 4.52 Å². The zero-order valence-electron chi connectivity index (χ0n) is 15.4. The Morgan fingerprint density at radius 2 is 2.12 bits per heavy atom. The van der Waals surface area contributed by atoms with Crippen molar-refractivity contribution in [1.29, 1.82) is 0 Å². The lowest BCUT2D eigenvalue weighted by Gasteiger charge is -2.32. The number of carbonyl (C=O) groups is 1. The minimum Gasteiger partial charge on any atom is -0.339 e. The van der Waals surface area contributed by atoms with Crippen molar-refractivity contribution in [2.24, 2.45) is 5.92 Å². The fourth-order valence-corrected chi connectivity index (χ4v) is 4.13. The first kappa shape index (κ1) is 18.9. The maximum atomic E-state index is 13.0. The number of carbonyl (C=O) groups excluding carboxylic acids is 1. The molecule has 140 valence electrons. The van der Waals surface area contributed by atoms with Gasteiger partial charge >= 0.3 is 0 Å². The molecule has 0 spiro atoms. The molecule has 6 nitrogen and oxygen atoms in total. The fourth-order valence-electron chi connectivity index (χ4n) is 3.25. The first-order valence-corrected chi connectivity index (χ1v) is 10.1. The summed E-state index contributed by atoms with van der Waals surface area (Å²) < 4.78 is 5.16. The second kappa shape index (κ2) is 9.19. The van der Waals surface area contributed by atoms with E-state index in [0.717, 1.165) is 48.9 Å². The minimum absolute atomic E-state index is 0.127. The van der Waals surface area contributed by atoms with Crippen LogP contribution < -0.4 is 5.32 Å². The summed E-state index contributed by atoms with van der Waals surface area (Å²) in [7, 11) is 1.99. The molecular formula is C19H26N4O2S. The number of amides is 1. The number of thioether (sulfide) groups is 1. The lowest BCUT2D eigenvalue weighted by Crippen LogP contribution is -2.39. The van der Waals surface area contributed by atoms with Gasteiger partial charge in [0.15, 0.2) is 5.82 Å². The Hall–Kier alpha value is -1.86. The number of nitrogens with one attached hydrogen (secondary N) is 1. The van der Waals surface area contributed by atoms with E-state index in [1.54, 1.807) is 18.7 Å². The molecule has 1 aromatic carbocycles. The van der Waals surface area contributed by atoms with Crippen LogP contribution in [-0.2, 0) is 5.75 Å². The summed E-state index contributed by atoms with van der Waals surface area (Å²) in [6.45, 7) is 4.53. The normalized spacial score (nSPS) is 15.4. The van der Waals surface area contributed by atoms with Crippen molar-refractivity contribution in [3.05, 3.63) is 41.5 Å². The Kier molecular flexibility index (Phi) is 6.68. The van der Waals surface area contributed by atoms with Crippen molar-refractivity contribution in [2.75, 3.05) is 26.7 Å². The molecule has 26 heavy (non-hydrogen) atoms. The second-order valence-corrected chi connectivity index (χ2v) is 7.67. The topological polar surface area (TPSA) is 71.3 Å². The SMILES string of the molecule is CNCCC1CCN(C(=O)c2ccccc2SCc2nc(C)no2)CC1. The van der Waals surface area contributed by atoms with E-state index in [9.17, 15) is 4.79 Å². The third-order valence-electron chi connectivity index (χ3n) is 4.74. The molecule has 0 atom stereocenters. The first-order valence-electron chi connectivity index (χ1n) is 9.12. The molecule has 1 saturated heterocycles. The minimum atomic E-state index is 0.127. The molecule has 0 saturated carbocycles. The molecule has 3 rings (SSSR count). The molecule has 1 fully saturated rings. The van der Waals surface area contributed by atoms with Crippen LogP contribution in [0.5, 0.6) is 0 Å². The van der Waals surface area contributed by atoms with Crippen molar-refractivity contribution in [3.63, 3.8) is 0 Å². The standard InChI is InChI=1S/C19H26N4O2S/c1-14-21-18(25-22-14)13-26-17-6-4-3-5-16(17)19(24)23-11-8-15(9-12-23)7-10-20-2/h3-6,15,20H,7-13H2,1-2H3. The highest BCUT2D eigenvalue weighted by molar-refractivity contribution is 7.98. The first-order chi connectivity index (χ1) is 12.7. The van der Waals surface area contributed by atoms with Gasteiger partial charge in [-0.25, -0.2) is 0 Å². The van der Waals surface area contributed by atoms with E-state index in [-0.39, 0.29) is 5.91 Å². The Labute approximate surface area is 158 Å². The number of nitrogens with zero attached hydrogens (tertiary/aromatic N) is 3. The summed E-state index contributed by atoms with van der Waals surface area (Å²) in [5.41, 5.74) is 0.766. The third-order valence-corrected chi connectivity index (χ3v) is 5.80. The molecule has 0 unspecified atom stereocenters. The molecule has 0 bridgehead atoms. The average Bonchev–Trinajstić information content (AvgIpc) is 3.10. The van der Waals surface area contributed by atoms with Crippen molar-refractivity contribution in [1.82, 2.24) is 20.4 Å². The van der Waals surface area contributed by atoms with Gasteiger partial charge in [0.1, 0.15) is 0 Å². The zero-order chi connectivity index (χ0) is 18.4. The smallest absolute Gasteiger partial charge is 0.254 e. The highest BCUT2D eigenvalue weighted by Gasteiger charge is 2.24. The van der Waals surface area contributed by atoms with Crippen molar-refractivity contribution >= 4 is 17.7 Å². The predicted molar refractivity (Wildman–Crippen MR) is 102 cm³/mol. The molecule has 1 aromatic heterocycles. The van der Waals surface area contributed by atoms with Gasteiger partial charge in [0.05, 0.1) is 11.3 Å². The lowest BCUT2D eigenvalue weighted by atomic mass is 9.93. The van der Waals surface area contributed by atoms with Gasteiger partial charge in [-0.2, -0.15) is 4.98 Å². The van der Waals surface area contributed by atoms with Crippen molar-refractivity contribution in [2.45, 2.75) is 36.8 Å². The number of aromatic nitrogens is 2. The van der Waals surface area contributed by atoms with Crippen LogP contribution in [0.4, 0.5) is 0 Å². The number of benzene rings is 1. The molecule has 2 aromatic rings. The summed E-state index contributed by atoms with van der Waals surface area (Å²) in [5, 5.41) is 7.02. The molecule has 1 N–H and O–H groups in total. The molecule has 0 radical (unpaired) electrons. The Morgan fingerprint density at radius 3 is 2.81 bits per heavy atom. The largest absolute Gasteiger partial charge is 0.339 e. The molecule has 2 heterocycles.